The van der Waals surface area contributed by atoms with Crippen molar-refractivity contribution in [1.29, 1.82) is 0 Å². The van der Waals surface area contributed by atoms with Crippen LogP contribution >= 0.6 is 0 Å². The molecule has 0 saturated heterocycles. The highest BCUT2D eigenvalue weighted by molar-refractivity contribution is 5.93. The lowest BCUT2D eigenvalue weighted by Gasteiger charge is -2.20. The quantitative estimate of drug-likeness (QED) is 0.886. The average molecular weight is 301 g/mol. The summed E-state index contributed by atoms with van der Waals surface area (Å²) >= 11 is 0. The van der Waals surface area contributed by atoms with Crippen molar-refractivity contribution in [3.63, 3.8) is 0 Å². The molecule has 1 N–H and O–H groups in total. The standard InChI is InChI=1S/C16H19N3O3/c1-19(11-16(20)18-12-6-8-17-9-7-12)13-4-5-14(21-2)15(10-13)22-3/h4-10H,11H2,1-3H3,(H,17,18,20). The molecule has 0 radical (unpaired) electrons. The molecule has 0 saturated carbocycles. The first-order valence-corrected chi connectivity index (χ1v) is 6.77. The molecule has 0 aliphatic heterocycles. The minimum Gasteiger partial charge on any atom is -0.493 e. The van der Waals surface area contributed by atoms with Gasteiger partial charge in [0, 0.05) is 36.9 Å². The molecule has 6 heteroatoms. The van der Waals surface area contributed by atoms with E-state index in [1.54, 1.807) is 38.7 Å². The molecule has 0 aliphatic carbocycles. The second kappa shape index (κ2) is 7.31. The first-order chi connectivity index (χ1) is 10.6. The monoisotopic (exact) mass is 301 g/mol. The van der Waals surface area contributed by atoms with Gasteiger partial charge in [-0.05, 0) is 24.3 Å². The molecule has 22 heavy (non-hydrogen) atoms. The number of nitrogens with zero attached hydrogens (tertiary/aromatic N) is 2. The van der Waals surface area contributed by atoms with Gasteiger partial charge in [-0.25, -0.2) is 0 Å². The lowest BCUT2D eigenvalue weighted by molar-refractivity contribution is -0.114. The van der Waals surface area contributed by atoms with Crippen LogP contribution in [0.2, 0.25) is 0 Å². The van der Waals surface area contributed by atoms with E-state index in [2.05, 4.69) is 10.3 Å². The molecule has 0 aliphatic rings. The highest BCUT2D eigenvalue weighted by Crippen LogP contribution is 2.30. The van der Waals surface area contributed by atoms with Gasteiger partial charge in [-0.2, -0.15) is 0 Å². The minimum atomic E-state index is -0.108. The SMILES string of the molecule is COc1ccc(N(C)CC(=O)Nc2ccncc2)cc1OC. The summed E-state index contributed by atoms with van der Waals surface area (Å²) in [5.41, 5.74) is 1.59. The normalized spacial score (nSPS) is 9.95. The maximum absolute atomic E-state index is 12.0. The van der Waals surface area contributed by atoms with E-state index in [9.17, 15) is 4.79 Å². The van der Waals surface area contributed by atoms with Crippen molar-refractivity contribution in [2.75, 3.05) is 38.0 Å². The van der Waals surface area contributed by atoms with E-state index < -0.39 is 0 Å². The number of likely N-dealkylation sites (N-methyl/N-ethyl adjacent to an activating group) is 1. The van der Waals surface area contributed by atoms with Crippen molar-refractivity contribution in [2.24, 2.45) is 0 Å². The highest BCUT2D eigenvalue weighted by atomic mass is 16.5. The van der Waals surface area contributed by atoms with Crippen molar-refractivity contribution in [1.82, 2.24) is 4.98 Å². The molecule has 6 nitrogen and oxygen atoms in total. The molecule has 1 amide bonds. The zero-order valence-electron chi connectivity index (χ0n) is 12.9. The maximum Gasteiger partial charge on any atom is 0.243 e. The predicted molar refractivity (Wildman–Crippen MR) is 85.7 cm³/mol. The van der Waals surface area contributed by atoms with Gasteiger partial charge in [0.1, 0.15) is 0 Å². The summed E-state index contributed by atoms with van der Waals surface area (Å²) in [5, 5.41) is 2.82. The molecular weight excluding hydrogens is 282 g/mol. The van der Waals surface area contributed by atoms with Crippen LogP contribution in [-0.4, -0.2) is 38.7 Å². The Balaban J connectivity index is 2.02. The van der Waals surface area contributed by atoms with Gasteiger partial charge in [-0.1, -0.05) is 0 Å². The van der Waals surface area contributed by atoms with Gasteiger partial charge in [0.15, 0.2) is 11.5 Å². The Morgan fingerprint density at radius 1 is 1.14 bits per heavy atom. The second-order valence-corrected chi connectivity index (χ2v) is 4.68. The number of benzene rings is 1. The number of ether oxygens (including phenoxy) is 2. The van der Waals surface area contributed by atoms with Crippen molar-refractivity contribution in [3.8, 4) is 11.5 Å². The molecule has 1 aromatic carbocycles. The van der Waals surface area contributed by atoms with Gasteiger partial charge >= 0.3 is 0 Å². The predicted octanol–water partition coefficient (Wildman–Crippen LogP) is 2.17. The summed E-state index contributed by atoms with van der Waals surface area (Å²) in [6, 6.07) is 9.01. The van der Waals surface area contributed by atoms with Crippen LogP contribution in [0, 0.1) is 0 Å². The first-order valence-electron chi connectivity index (χ1n) is 6.77. The third-order valence-electron chi connectivity index (χ3n) is 3.15. The molecule has 1 heterocycles. The van der Waals surface area contributed by atoms with Crippen LogP contribution in [0.3, 0.4) is 0 Å². The zero-order valence-corrected chi connectivity index (χ0v) is 12.9. The van der Waals surface area contributed by atoms with Gasteiger partial charge in [0.2, 0.25) is 5.91 Å². The minimum absolute atomic E-state index is 0.108. The number of rotatable bonds is 6. The molecule has 2 rings (SSSR count). The molecular formula is C16H19N3O3. The summed E-state index contributed by atoms with van der Waals surface area (Å²) < 4.78 is 10.5. The lowest BCUT2D eigenvalue weighted by atomic mass is 10.2. The molecule has 0 fully saturated rings. The largest absolute Gasteiger partial charge is 0.493 e. The topological polar surface area (TPSA) is 63.7 Å². The van der Waals surface area contributed by atoms with Crippen molar-refractivity contribution in [2.45, 2.75) is 0 Å². The van der Waals surface area contributed by atoms with Crippen molar-refractivity contribution < 1.29 is 14.3 Å². The first kappa shape index (κ1) is 15.6. The number of carbonyl (C=O) groups is 1. The van der Waals surface area contributed by atoms with Crippen LogP contribution < -0.4 is 19.7 Å². The Kier molecular flexibility index (Phi) is 5.19. The Bertz CT molecular complexity index is 632. The molecule has 116 valence electrons. The van der Waals surface area contributed by atoms with Crippen LogP contribution in [0.4, 0.5) is 11.4 Å². The third kappa shape index (κ3) is 3.88. The van der Waals surface area contributed by atoms with Gasteiger partial charge in [-0.3, -0.25) is 9.78 Å². The van der Waals surface area contributed by atoms with Crippen molar-refractivity contribution >= 4 is 17.3 Å². The van der Waals surface area contributed by atoms with E-state index in [1.165, 1.54) is 0 Å². The summed E-state index contributed by atoms with van der Waals surface area (Å²) in [7, 11) is 5.01. The number of hydrogen-bond donors (Lipinski definition) is 1. The van der Waals surface area contributed by atoms with E-state index in [0.29, 0.717) is 11.5 Å². The van der Waals surface area contributed by atoms with E-state index >= 15 is 0 Å². The number of aromatic nitrogens is 1. The smallest absolute Gasteiger partial charge is 0.243 e. The van der Waals surface area contributed by atoms with Gasteiger partial charge in [0.25, 0.3) is 0 Å². The Labute approximate surface area is 129 Å². The maximum atomic E-state index is 12.0. The fourth-order valence-electron chi connectivity index (χ4n) is 2.00. The number of methoxy groups -OCH3 is 2. The van der Waals surface area contributed by atoms with Crippen LogP contribution in [0.1, 0.15) is 0 Å². The Morgan fingerprint density at radius 2 is 1.82 bits per heavy atom. The summed E-state index contributed by atoms with van der Waals surface area (Å²) in [4.78, 5) is 17.8. The molecule has 0 atom stereocenters. The van der Waals surface area contributed by atoms with Crippen LogP contribution in [-0.2, 0) is 4.79 Å². The third-order valence-corrected chi connectivity index (χ3v) is 3.15. The van der Waals surface area contributed by atoms with Crippen LogP contribution in [0.5, 0.6) is 11.5 Å². The second-order valence-electron chi connectivity index (χ2n) is 4.68. The average Bonchev–Trinajstić information content (AvgIpc) is 2.54. The number of hydrogen-bond acceptors (Lipinski definition) is 5. The van der Waals surface area contributed by atoms with Crippen LogP contribution in [0.15, 0.2) is 42.7 Å². The summed E-state index contributed by atoms with van der Waals surface area (Å²) in [5.74, 6) is 1.17. The summed E-state index contributed by atoms with van der Waals surface area (Å²) in [6.45, 7) is 0.220. The molecule has 0 bridgehead atoms. The molecule has 0 unspecified atom stereocenters. The highest BCUT2D eigenvalue weighted by Gasteiger charge is 2.11. The number of carbonyl (C=O) groups excluding carboxylic acids is 1. The van der Waals surface area contributed by atoms with Crippen LogP contribution in [0.25, 0.3) is 0 Å². The summed E-state index contributed by atoms with van der Waals surface area (Å²) in [6.07, 6.45) is 3.27. The zero-order chi connectivity index (χ0) is 15.9. The number of pyridine rings is 1. The fourth-order valence-corrected chi connectivity index (χ4v) is 2.00. The van der Waals surface area contributed by atoms with E-state index in [1.807, 2.05) is 30.1 Å². The number of nitrogens with one attached hydrogen (secondary N) is 1. The molecule has 0 spiro atoms. The molecule has 1 aromatic heterocycles. The fraction of sp³-hybridized carbons (Fsp3) is 0.250. The lowest BCUT2D eigenvalue weighted by Crippen LogP contribution is -2.30. The van der Waals surface area contributed by atoms with E-state index in [4.69, 9.17) is 9.47 Å². The van der Waals surface area contributed by atoms with Gasteiger partial charge in [-0.15, -0.1) is 0 Å². The van der Waals surface area contributed by atoms with Crippen molar-refractivity contribution in [3.05, 3.63) is 42.7 Å². The molecule has 2 aromatic rings. The number of anilines is 2. The Hall–Kier alpha value is -2.76. The van der Waals surface area contributed by atoms with E-state index in [-0.39, 0.29) is 12.5 Å². The van der Waals surface area contributed by atoms with Gasteiger partial charge in [0.05, 0.1) is 20.8 Å². The van der Waals surface area contributed by atoms with E-state index in [0.717, 1.165) is 11.4 Å². The van der Waals surface area contributed by atoms with Gasteiger partial charge < -0.3 is 19.7 Å². The number of amides is 1. The Morgan fingerprint density at radius 3 is 2.45 bits per heavy atom.